The zero-order chi connectivity index (χ0) is 22.3. The van der Waals surface area contributed by atoms with Crippen LogP contribution in [0.2, 0.25) is 0 Å². The van der Waals surface area contributed by atoms with Crippen molar-refractivity contribution in [2.45, 2.75) is 38.8 Å². The van der Waals surface area contributed by atoms with Crippen LogP contribution in [-0.4, -0.2) is 40.8 Å². The zero-order valence-electron chi connectivity index (χ0n) is 18.1. The van der Waals surface area contributed by atoms with E-state index >= 15 is 0 Å². The number of ether oxygens (including phenoxy) is 2. The summed E-state index contributed by atoms with van der Waals surface area (Å²) < 4.78 is 36.7. The van der Waals surface area contributed by atoms with Crippen molar-refractivity contribution in [3.05, 3.63) is 54.1 Å². The van der Waals surface area contributed by atoms with Crippen LogP contribution in [0.25, 0.3) is 0 Å². The maximum absolute atomic E-state index is 13.2. The molecule has 0 aromatic heterocycles. The molecule has 1 amide bonds. The van der Waals surface area contributed by atoms with E-state index in [4.69, 9.17) is 9.47 Å². The van der Waals surface area contributed by atoms with Crippen molar-refractivity contribution in [3.63, 3.8) is 0 Å². The van der Waals surface area contributed by atoms with Crippen LogP contribution in [0, 0.1) is 0 Å². The molecule has 0 aliphatic carbocycles. The van der Waals surface area contributed by atoms with Gasteiger partial charge in [-0.05, 0) is 54.8 Å². The van der Waals surface area contributed by atoms with Crippen molar-refractivity contribution in [2.75, 3.05) is 24.8 Å². The van der Waals surface area contributed by atoms with Crippen LogP contribution >= 0.6 is 0 Å². The van der Waals surface area contributed by atoms with Gasteiger partial charge in [0.15, 0.2) is 0 Å². The lowest BCUT2D eigenvalue weighted by atomic mass is 10.0. The summed E-state index contributed by atoms with van der Waals surface area (Å²) in [5.74, 6) is 0.991. The fourth-order valence-electron chi connectivity index (χ4n) is 3.31. The van der Waals surface area contributed by atoms with Crippen molar-refractivity contribution in [1.29, 1.82) is 0 Å². The van der Waals surface area contributed by atoms with Gasteiger partial charge in [0.05, 0.1) is 32.2 Å². The van der Waals surface area contributed by atoms with Gasteiger partial charge in [0.25, 0.3) is 0 Å². The standard InChI is InChI=1S/C22H30N2O5S/c1-6-20(16-8-12-18(28-3)13-9-16)23-22(25)21(7-2)24(30(5,26)27)17-10-14-19(29-4)15-11-17/h8-15,20-21H,6-7H2,1-5H3,(H,23,25). The molecule has 0 radical (unpaired) electrons. The molecule has 2 aromatic carbocycles. The Morgan fingerprint density at radius 3 is 1.83 bits per heavy atom. The Balaban J connectivity index is 2.31. The zero-order valence-corrected chi connectivity index (χ0v) is 18.9. The fraction of sp³-hybridized carbons (Fsp3) is 0.409. The summed E-state index contributed by atoms with van der Waals surface area (Å²) in [5.41, 5.74) is 1.34. The van der Waals surface area contributed by atoms with Crippen LogP contribution in [0.15, 0.2) is 48.5 Å². The molecule has 0 aliphatic rings. The number of anilines is 1. The molecular weight excluding hydrogens is 404 g/mol. The number of carbonyl (C=O) groups is 1. The topological polar surface area (TPSA) is 84.9 Å². The summed E-state index contributed by atoms with van der Waals surface area (Å²) in [4.78, 5) is 13.2. The van der Waals surface area contributed by atoms with Crippen LogP contribution in [0.5, 0.6) is 11.5 Å². The molecule has 2 atom stereocenters. The van der Waals surface area contributed by atoms with Gasteiger partial charge >= 0.3 is 0 Å². The second-order valence-electron chi connectivity index (χ2n) is 6.92. The lowest BCUT2D eigenvalue weighted by Crippen LogP contribution is -2.50. The summed E-state index contributed by atoms with van der Waals surface area (Å²) in [6.07, 6.45) is 2.09. The summed E-state index contributed by atoms with van der Waals surface area (Å²) in [6, 6.07) is 13.0. The van der Waals surface area contributed by atoms with Crippen molar-refractivity contribution in [1.82, 2.24) is 5.32 Å². The molecule has 30 heavy (non-hydrogen) atoms. The smallest absolute Gasteiger partial charge is 0.244 e. The van der Waals surface area contributed by atoms with E-state index < -0.39 is 16.1 Å². The van der Waals surface area contributed by atoms with Crippen molar-refractivity contribution >= 4 is 21.6 Å². The highest BCUT2D eigenvalue weighted by molar-refractivity contribution is 7.92. The van der Waals surface area contributed by atoms with E-state index in [9.17, 15) is 13.2 Å². The third-order valence-corrected chi connectivity index (χ3v) is 6.08. The van der Waals surface area contributed by atoms with E-state index in [1.165, 1.54) is 11.4 Å². The lowest BCUT2D eigenvalue weighted by molar-refractivity contribution is -0.123. The molecular formula is C22H30N2O5S. The molecule has 1 N–H and O–H groups in total. The van der Waals surface area contributed by atoms with E-state index in [1.807, 2.05) is 31.2 Å². The predicted octanol–water partition coefficient (Wildman–Crippen LogP) is 3.52. The molecule has 7 nitrogen and oxygen atoms in total. The number of carbonyl (C=O) groups excluding carboxylic acids is 1. The number of nitrogens with zero attached hydrogens (tertiary/aromatic N) is 1. The lowest BCUT2D eigenvalue weighted by Gasteiger charge is -2.31. The SMILES string of the molecule is CCC(NC(=O)C(CC)N(c1ccc(OC)cc1)S(C)(=O)=O)c1ccc(OC)cc1. The molecule has 2 aromatic rings. The minimum absolute atomic E-state index is 0.241. The van der Waals surface area contributed by atoms with Gasteiger partial charge in [-0.25, -0.2) is 8.42 Å². The van der Waals surface area contributed by atoms with Crippen molar-refractivity contribution < 1.29 is 22.7 Å². The number of hydrogen-bond acceptors (Lipinski definition) is 5. The molecule has 0 spiro atoms. The Kier molecular flexibility index (Phi) is 8.11. The van der Waals surface area contributed by atoms with Crippen LogP contribution < -0.4 is 19.1 Å². The number of benzene rings is 2. The quantitative estimate of drug-likeness (QED) is 0.618. The number of rotatable bonds is 10. The van der Waals surface area contributed by atoms with Crippen LogP contribution in [0.1, 0.15) is 38.3 Å². The highest BCUT2D eigenvalue weighted by Gasteiger charge is 2.32. The van der Waals surface area contributed by atoms with Gasteiger partial charge < -0.3 is 14.8 Å². The summed E-state index contributed by atoms with van der Waals surface area (Å²) in [5, 5.41) is 3.01. The van der Waals surface area contributed by atoms with E-state index in [0.29, 0.717) is 24.3 Å². The molecule has 0 bridgehead atoms. The summed E-state index contributed by atoms with van der Waals surface area (Å²) >= 11 is 0. The fourth-order valence-corrected chi connectivity index (χ4v) is 4.53. The van der Waals surface area contributed by atoms with E-state index in [2.05, 4.69) is 5.32 Å². The molecule has 0 saturated heterocycles. The number of amides is 1. The van der Waals surface area contributed by atoms with E-state index in [1.54, 1.807) is 38.3 Å². The molecule has 0 aliphatic heterocycles. The molecule has 0 fully saturated rings. The molecule has 2 rings (SSSR count). The minimum atomic E-state index is -3.69. The Hall–Kier alpha value is -2.74. The summed E-state index contributed by atoms with van der Waals surface area (Å²) in [7, 11) is -0.561. The number of methoxy groups -OCH3 is 2. The van der Waals surface area contributed by atoms with E-state index in [-0.39, 0.29) is 11.9 Å². The van der Waals surface area contributed by atoms with Gasteiger partial charge in [0, 0.05) is 0 Å². The van der Waals surface area contributed by atoms with Crippen LogP contribution in [-0.2, 0) is 14.8 Å². The first-order valence-corrected chi connectivity index (χ1v) is 11.7. The molecule has 8 heteroatoms. The minimum Gasteiger partial charge on any atom is -0.497 e. The first-order valence-electron chi connectivity index (χ1n) is 9.82. The highest BCUT2D eigenvalue weighted by atomic mass is 32.2. The maximum Gasteiger partial charge on any atom is 0.244 e. The van der Waals surface area contributed by atoms with E-state index in [0.717, 1.165) is 17.6 Å². The van der Waals surface area contributed by atoms with Crippen LogP contribution in [0.3, 0.4) is 0 Å². The third kappa shape index (κ3) is 5.66. The second kappa shape index (κ2) is 10.3. The van der Waals surface area contributed by atoms with Gasteiger partial charge in [0.2, 0.25) is 15.9 Å². The monoisotopic (exact) mass is 434 g/mol. The molecule has 2 unspecified atom stereocenters. The number of sulfonamides is 1. The Labute approximate surface area is 179 Å². The first-order chi connectivity index (χ1) is 14.2. The average molecular weight is 435 g/mol. The van der Waals surface area contributed by atoms with Crippen molar-refractivity contribution in [2.24, 2.45) is 0 Å². The van der Waals surface area contributed by atoms with Gasteiger partial charge in [0.1, 0.15) is 17.5 Å². The molecule has 0 saturated carbocycles. The number of hydrogen-bond donors (Lipinski definition) is 1. The van der Waals surface area contributed by atoms with Gasteiger partial charge in [-0.1, -0.05) is 26.0 Å². The summed E-state index contributed by atoms with van der Waals surface area (Å²) in [6.45, 7) is 3.76. The first kappa shape index (κ1) is 23.5. The molecule has 164 valence electrons. The van der Waals surface area contributed by atoms with Gasteiger partial charge in [-0.3, -0.25) is 9.10 Å². The van der Waals surface area contributed by atoms with Crippen LogP contribution in [0.4, 0.5) is 5.69 Å². The van der Waals surface area contributed by atoms with Gasteiger partial charge in [-0.15, -0.1) is 0 Å². The normalized spacial score (nSPS) is 13.2. The maximum atomic E-state index is 13.2. The Morgan fingerprint density at radius 1 is 0.933 bits per heavy atom. The molecule has 0 heterocycles. The van der Waals surface area contributed by atoms with Crippen molar-refractivity contribution in [3.8, 4) is 11.5 Å². The Bertz CT molecular complexity index is 927. The third-order valence-electron chi connectivity index (χ3n) is 4.90. The largest absolute Gasteiger partial charge is 0.497 e. The second-order valence-corrected chi connectivity index (χ2v) is 8.78. The number of nitrogens with one attached hydrogen (secondary N) is 1. The predicted molar refractivity (Wildman–Crippen MR) is 119 cm³/mol. The average Bonchev–Trinajstić information content (AvgIpc) is 2.75. The Morgan fingerprint density at radius 2 is 1.43 bits per heavy atom. The van der Waals surface area contributed by atoms with Gasteiger partial charge in [-0.2, -0.15) is 0 Å². The highest BCUT2D eigenvalue weighted by Crippen LogP contribution is 2.26.